The first-order valence-electron chi connectivity index (χ1n) is 11.8. The van der Waals surface area contributed by atoms with Crippen molar-refractivity contribution in [1.82, 2.24) is 0 Å². The van der Waals surface area contributed by atoms with Gasteiger partial charge in [-0.1, -0.05) is 19.9 Å². The molecule has 36 heavy (non-hydrogen) atoms. The van der Waals surface area contributed by atoms with E-state index in [1.165, 1.54) is 30.3 Å². The van der Waals surface area contributed by atoms with Gasteiger partial charge in [0.2, 0.25) is 0 Å². The zero-order valence-corrected chi connectivity index (χ0v) is 23.0. The van der Waals surface area contributed by atoms with Crippen LogP contribution in [0.4, 0.5) is 18.9 Å². The second kappa shape index (κ2) is 12.9. The van der Waals surface area contributed by atoms with E-state index >= 15 is 4.39 Å². The van der Waals surface area contributed by atoms with Crippen LogP contribution >= 0.6 is 23.5 Å². The van der Waals surface area contributed by atoms with E-state index in [1.54, 1.807) is 42.6 Å². The first-order valence-corrected chi connectivity index (χ1v) is 15.4. The second-order valence-electron chi connectivity index (χ2n) is 8.12. The zero-order valence-electron chi connectivity index (χ0n) is 20.5. The maximum Gasteiger partial charge on any atom is 0.264 e. The Morgan fingerprint density at radius 2 is 1.56 bits per heavy atom. The topological polar surface area (TPSA) is 37.4 Å². The van der Waals surface area contributed by atoms with Crippen molar-refractivity contribution in [2.75, 3.05) is 21.6 Å². The number of benzene rings is 3. The summed E-state index contributed by atoms with van der Waals surface area (Å²) < 4.78 is 72.2. The number of aryl methyl sites for hydroxylation is 1. The van der Waals surface area contributed by atoms with Crippen molar-refractivity contribution < 1.29 is 21.6 Å². The number of thioether (sulfide) groups is 2. The van der Waals surface area contributed by atoms with Gasteiger partial charge in [-0.3, -0.25) is 4.31 Å². The van der Waals surface area contributed by atoms with Crippen LogP contribution in [0.2, 0.25) is 0 Å². The van der Waals surface area contributed by atoms with Gasteiger partial charge in [0.1, 0.15) is 17.5 Å². The highest BCUT2D eigenvalue weighted by atomic mass is 32.2. The predicted octanol–water partition coefficient (Wildman–Crippen LogP) is 7.86. The fourth-order valence-corrected chi connectivity index (χ4v) is 6.96. The molecule has 0 bridgehead atoms. The van der Waals surface area contributed by atoms with Gasteiger partial charge >= 0.3 is 0 Å². The molecule has 0 amide bonds. The summed E-state index contributed by atoms with van der Waals surface area (Å²) in [5.74, 6) is 0.612. The lowest BCUT2D eigenvalue weighted by Gasteiger charge is -2.32. The van der Waals surface area contributed by atoms with E-state index in [1.807, 2.05) is 6.92 Å². The molecule has 0 N–H and O–H groups in total. The number of anilines is 1. The van der Waals surface area contributed by atoms with Crippen LogP contribution in [0.3, 0.4) is 0 Å². The predicted molar refractivity (Wildman–Crippen MR) is 145 cm³/mol. The van der Waals surface area contributed by atoms with Crippen molar-refractivity contribution in [3.05, 3.63) is 89.2 Å². The van der Waals surface area contributed by atoms with Crippen LogP contribution in [0, 0.1) is 17.5 Å². The van der Waals surface area contributed by atoms with Gasteiger partial charge in [0.15, 0.2) is 0 Å². The van der Waals surface area contributed by atoms with E-state index in [0.717, 1.165) is 51.1 Å². The van der Waals surface area contributed by atoms with E-state index in [2.05, 4.69) is 6.92 Å². The fourth-order valence-electron chi connectivity index (χ4n) is 4.02. The molecule has 194 valence electrons. The molecule has 0 unspecified atom stereocenters. The van der Waals surface area contributed by atoms with E-state index in [4.69, 9.17) is 0 Å². The molecule has 0 aromatic heterocycles. The minimum absolute atomic E-state index is 0.0403. The van der Waals surface area contributed by atoms with Crippen molar-refractivity contribution >= 4 is 39.2 Å². The van der Waals surface area contributed by atoms with Crippen LogP contribution in [0.25, 0.3) is 0 Å². The summed E-state index contributed by atoms with van der Waals surface area (Å²) in [4.78, 5) is 0.861. The summed E-state index contributed by atoms with van der Waals surface area (Å²) >= 11 is 3.33. The summed E-state index contributed by atoms with van der Waals surface area (Å²) in [6.45, 7) is 5.66. The smallest absolute Gasteiger partial charge is 0.256 e. The van der Waals surface area contributed by atoms with Gasteiger partial charge in [-0.05, 0) is 96.7 Å². The lowest BCUT2D eigenvalue weighted by molar-refractivity contribution is 0.569. The maximum absolute atomic E-state index is 15.0. The Kier molecular flexibility index (Phi) is 10.2. The first kappa shape index (κ1) is 28.5. The molecule has 3 rings (SSSR count). The molecule has 0 fully saturated rings. The monoisotopic (exact) mass is 553 g/mol. The molecule has 3 aromatic carbocycles. The van der Waals surface area contributed by atoms with Crippen molar-refractivity contribution in [3.8, 4) is 0 Å². The van der Waals surface area contributed by atoms with Crippen LogP contribution in [0.5, 0.6) is 0 Å². The molecule has 3 aromatic rings. The van der Waals surface area contributed by atoms with Crippen LogP contribution in [-0.2, 0) is 16.4 Å². The number of nitrogens with zero attached hydrogens (tertiary/aromatic N) is 1. The molecule has 1 atom stereocenters. The minimum Gasteiger partial charge on any atom is -0.256 e. The van der Waals surface area contributed by atoms with Crippen LogP contribution in [0.1, 0.15) is 44.4 Å². The van der Waals surface area contributed by atoms with Crippen molar-refractivity contribution in [3.63, 3.8) is 0 Å². The Morgan fingerprint density at radius 3 is 2.22 bits per heavy atom. The molecular weight excluding hydrogens is 523 g/mol. The summed E-state index contributed by atoms with van der Waals surface area (Å²) in [6.07, 6.45) is 1.31. The number of rotatable bonds is 12. The lowest BCUT2D eigenvalue weighted by atomic mass is 9.97. The van der Waals surface area contributed by atoms with Gasteiger partial charge in [-0.2, -0.15) is 11.8 Å². The van der Waals surface area contributed by atoms with Crippen molar-refractivity contribution in [1.29, 1.82) is 0 Å². The third-order valence-corrected chi connectivity index (χ3v) is 9.46. The van der Waals surface area contributed by atoms with Crippen LogP contribution in [-0.4, -0.2) is 25.7 Å². The third kappa shape index (κ3) is 6.81. The van der Waals surface area contributed by atoms with Crippen molar-refractivity contribution in [2.45, 2.75) is 49.4 Å². The van der Waals surface area contributed by atoms with E-state index in [9.17, 15) is 17.2 Å². The highest BCUT2D eigenvalue weighted by Crippen LogP contribution is 2.37. The number of hydrogen-bond acceptors (Lipinski definition) is 4. The second-order valence-corrected chi connectivity index (χ2v) is 12.7. The van der Waals surface area contributed by atoms with E-state index in [0.29, 0.717) is 17.5 Å². The van der Waals surface area contributed by atoms with Gasteiger partial charge in [-0.25, -0.2) is 21.6 Å². The summed E-state index contributed by atoms with van der Waals surface area (Å²) in [5.41, 5.74) is 0.792. The Bertz CT molecular complexity index is 1270. The van der Waals surface area contributed by atoms with Gasteiger partial charge in [-0.15, -0.1) is 11.8 Å². The SMILES string of the molecule is CCSCCCc1cc(F)ccc1[C@@H](C)N(c1cc(F)ccc1F)S(=O)(=O)c1ccc(SCC)cc1. The molecule has 3 nitrogen and oxygen atoms in total. The average Bonchev–Trinajstić information content (AvgIpc) is 2.84. The maximum atomic E-state index is 15.0. The average molecular weight is 554 g/mol. The molecule has 0 saturated carbocycles. The normalized spacial score (nSPS) is 12.5. The molecule has 0 aliphatic carbocycles. The van der Waals surface area contributed by atoms with Gasteiger partial charge in [0, 0.05) is 11.0 Å². The zero-order chi connectivity index (χ0) is 26.3. The summed E-state index contributed by atoms with van der Waals surface area (Å²) in [6, 6.07) is 12.3. The Balaban J connectivity index is 2.12. The van der Waals surface area contributed by atoms with E-state index < -0.39 is 39.2 Å². The lowest BCUT2D eigenvalue weighted by Crippen LogP contribution is -2.35. The molecule has 0 aliphatic rings. The Hall–Kier alpha value is -2.10. The molecule has 9 heteroatoms. The molecule has 0 radical (unpaired) electrons. The van der Waals surface area contributed by atoms with Gasteiger partial charge in [0.25, 0.3) is 10.0 Å². The summed E-state index contributed by atoms with van der Waals surface area (Å²) in [7, 11) is -4.31. The first-order chi connectivity index (χ1) is 17.2. The fraction of sp³-hybridized carbons (Fsp3) is 0.333. The van der Waals surface area contributed by atoms with Crippen LogP contribution in [0.15, 0.2) is 70.5 Å². The van der Waals surface area contributed by atoms with Crippen LogP contribution < -0.4 is 4.31 Å². The molecular formula is C27H30F3NO2S3. The largest absolute Gasteiger partial charge is 0.264 e. The number of halogens is 3. The molecule has 0 spiro atoms. The molecule has 0 heterocycles. The third-order valence-electron chi connectivity index (χ3n) is 5.68. The van der Waals surface area contributed by atoms with E-state index in [-0.39, 0.29) is 4.90 Å². The number of sulfonamides is 1. The van der Waals surface area contributed by atoms with Gasteiger partial charge < -0.3 is 0 Å². The minimum atomic E-state index is -4.31. The van der Waals surface area contributed by atoms with Gasteiger partial charge in [0.05, 0.1) is 16.6 Å². The van der Waals surface area contributed by atoms with Crippen molar-refractivity contribution in [2.24, 2.45) is 0 Å². The molecule has 0 saturated heterocycles. The summed E-state index contributed by atoms with van der Waals surface area (Å²) in [5, 5.41) is 0. The highest BCUT2D eigenvalue weighted by molar-refractivity contribution is 7.99. The Labute approximate surface area is 220 Å². The standard InChI is InChI=1S/C27H30F3NO2S3/c1-4-34-16-6-7-20-17-21(28)8-14-25(20)19(3)31(27-18-22(29)9-15-26(27)30)36(32,33)24-12-10-23(11-13-24)35-5-2/h8-15,17-19H,4-7,16H2,1-3H3/t19-/m1/s1. The Morgan fingerprint density at radius 1 is 0.889 bits per heavy atom. The highest BCUT2D eigenvalue weighted by Gasteiger charge is 2.33. The molecule has 0 aliphatic heterocycles. The quantitative estimate of drug-likeness (QED) is 0.169. The number of hydrogen-bond donors (Lipinski definition) is 0.